The van der Waals surface area contributed by atoms with Gasteiger partial charge in [0, 0.05) is 56.3 Å². The number of aryl methyl sites for hydroxylation is 1. The standard InChI is InChI=1S/C25H23N3O2/c29-25(11-9-23-8-10-24(30-23)22-6-2-1-3-7-22)28(18-20-12-15-26-16-13-20)19-21-5-4-14-27-17-21/h1-8,10,12-17H,9,11,18-19H2. The molecule has 4 aromatic rings. The maximum atomic E-state index is 13.1. The molecule has 4 rings (SSSR count). The summed E-state index contributed by atoms with van der Waals surface area (Å²) in [4.78, 5) is 23.1. The molecule has 0 fully saturated rings. The molecule has 0 unspecified atom stereocenters. The van der Waals surface area contributed by atoms with Crippen molar-refractivity contribution >= 4 is 5.91 Å². The maximum absolute atomic E-state index is 13.1. The number of rotatable bonds is 8. The molecule has 0 aliphatic carbocycles. The zero-order valence-corrected chi connectivity index (χ0v) is 16.6. The summed E-state index contributed by atoms with van der Waals surface area (Å²) in [5, 5.41) is 0. The number of benzene rings is 1. The Morgan fingerprint density at radius 3 is 2.37 bits per heavy atom. The van der Waals surface area contributed by atoms with Gasteiger partial charge in [0.15, 0.2) is 0 Å². The summed E-state index contributed by atoms with van der Waals surface area (Å²) in [6.07, 6.45) is 7.97. The van der Waals surface area contributed by atoms with E-state index in [2.05, 4.69) is 9.97 Å². The molecule has 150 valence electrons. The van der Waals surface area contributed by atoms with Crippen LogP contribution in [-0.2, 0) is 24.3 Å². The fraction of sp³-hybridized carbons (Fsp3) is 0.160. The number of amides is 1. The lowest BCUT2D eigenvalue weighted by molar-refractivity contribution is -0.132. The summed E-state index contributed by atoms with van der Waals surface area (Å²) in [7, 11) is 0. The first-order valence-corrected chi connectivity index (χ1v) is 9.97. The number of aromatic nitrogens is 2. The van der Waals surface area contributed by atoms with E-state index in [0.29, 0.717) is 25.9 Å². The lowest BCUT2D eigenvalue weighted by Crippen LogP contribution is -2.30. The normalized spacial score (nSPS) is 10.7. The van der Waals surface area contributed by atoms with Crippen LogP contribution in [-0.4, -0.2) is 20.8 Å². The summed E-state index contributed by atoms with van der Waals surface area (Å²) in [5.41, 5.74) is 3.09. The van der Waals surface area contributed by atoms with Crippen LogP contribution < -0.4 is 0 Å². The van der Waals surface area contributed by atoms with Crippen molar-refractivity contribution in [1.82, 2.24) is 14.9 Å². The molecule has 0 bridgehead atoms. The molecule has 0 N–H and O–H groups in total. The summed E-state index contributed by atoms with van der Waals surface area (Å²) in [6.45, 7) is 1.05. The first-order valence-electron chi connectivity index (χ1n) is 9.97. The molecule has 30 heavy (non-hydrogen) atoms. The number of pyridine rings is 2. The lowest BCUT2D eigenvalue weighted by atomic mass is 10.1. The van der Waals surface area contributed by atoms with Gasteiger partial charge in [-0.3, -0.25) is 14.8 Å². The van der Waals surface area contributed by atoms with Crippen molar-refractivity contribution in [1.29, 1.82) is 0 Å². The second-order valence-electron chi connectivity index (χ2n) is 7.10. The molecule has 1 aromatic carbocycles. The second kappa shape index (κ2) is 9.65. The highest BCUT2D eigenvalue weighted by Crippen LogP contribution is 2.22. The van der Waals surface area contributed by atoms with Crippen LogP contribution >= 0.6 is 0 Å². The van der Waals surface area contributed by atoms with E-state index in [1.54, 1.807) is 24.8 Å². The van der Waals surface area contributed by atoms with Crippen molar-refractivity contribution in [2.45, 2.75) is 25.9 Å². The maximum Gasteiger partial charge on any atom is 0.223 e. The Morgan fingerprint density at radius 2 is 1.60 bits per heavy atom. The van der Waals surface area contributed by atoms with E-state index in [1.165, 1.54) is 0 Å². The molecule has 0 spiro atoms. The topological polar surface area (TPSA) is 59.2 Å². The van der Waals surface area contributed by atoms with E-state index in [9.17, 15) is 4.79 Å². The fourth-order valence-electron chi connectivity index (χ4n) is 3.31. The molecule has 1 amide bonds. The van der Waals surface area contributed by atoms with E-state index in [4.69, 9.17) is 4.42 Å². The molecule has 0 saturated heterocycles. The Kier molecular flexibility index (Phi) is 6.30. The van der Waals surface area contributed by atoms with Crippen LogP contribution in [0, 0.1) is 0 Å². The molecule has 3 heterocycles. The van der Waals surface area contributed by atoms with Gasteiger partial charge < -0.3 is 9.32 Å². The van der Waals surface area contributed by atoms with Crippen LogP contribution in [0.3, 0.4) is 0 Å². The highest BCUT2D eigenvalue weighted by atomic mass is 16.3. The van der Waals surface area contributed by atoms with Gasteiger partial charge in [0.2, 0.25) is 5.91 Å². The van der Waals surface area contributed by atoms with Gasteiger partial charge in [0.1, 0.15) is 11.5 Å². The van der Waals surface area contributed by atoms with E-state index >= 15 is 0 Å². The summed E-state index contributed by atoms with van der Waals surface area (Å²) in [6, 6.07) is 21.6. The molecular formula is C25H23N3O2. The summed E-state index contributed by atoms with van der Waals surface area (Å²) < 4.78 is 5.95. The number of nitrogens with zero attached hydrogens (tertiary/aromatic N) is 3. The SMILES string of the molecule is O=C(CCc1ccc(-c2ccccc2)o1)N(Cc1ccncc1)Cc1cccnc1. The van der Waals surface area contributed by atoms with Gasteiger partial charge in [0.05, 0.1) is 0 Å². The largest absolute Gasteiger partial charge is 0.461 e. The average molecular weight is 397 g/mol. The minimum Gasteiger partial charge on any atom is -0.461 e. The molecule has 0 aliphatic heterocycles. The van der Waals surface area contributed by atoms with Gasteiger partial charge in [-0.2, -0.15) is 0 Å². The molecule has 3 aromatic heterocycles. The second-order valence-corrected chi connectivity index (χ2v) is 7.10. The quantitative estimate of drug-likeness (QED) is 0.424. The minimum atomic E-state index is 0.0772. The third-order valence-corrected chi connectivity index (χ3v) is 4.88. The van der Waals surface area contributed by atoms with Gasteiger partial charge in [-0.1, -0.05) is 36.4 Å². The zero-order valence-electron chi connectivity index (χ0n) is 16.6. The van der Waals surface area contributed by atoms with Crippen LogP contribution in [0.15, 0.2) is 95.9 Å². The van der Waals surface area contributed by atoms with Gasteiger partial charge in [-0.25, -0.2) is 0 Å². The smallest absolute Gasteiger partial charge is 0.223 e. The van der Waals surface area contributed by atoms with Crippen LogP contribution in [0.25, 0.3) is 11.3 Å². The molecule has 5 heteroatoms. The Hall–Kier alpha value is -3.73. The fourth-order valence-corrected chi connectivity index (χ4v) is 3.31. The van der Waals surface area contributed by atoms with Crippen molar-refractivity contribution in [2.24, 2.45) is 0 Å². The van der Waals surface area contributed by atoms with Crippen LogP contribution in [0.5, 0.6) is 0 Å². The third kappa shape index (κ3) is 5.20. The van der Waals surface area contributed by atoms with Crippen molar-refractivity contribution in [2.75, 3.05) is 0 Å². The van der Waals surface area contributed by atoms with E-state index < -0.39 is 0 Å². The lowest BCUT2D eigenvalue weighted by Gasteiger charge is -2.23. The minimum absolute atomic E-state index is 0.0772. The van der Waals surface area contributed by atoms with Crippen molar-refractivity contribution in [3.8, 4) is 11.3 Å². The number of carbonyl (C=O) groups excluding carboxylic acids is 1. The van der Waals surface area contributed by atoms with E-state index in [0.717, 1.165) is 28.2 Å². The molecule has 0 aliphatic rings. The molecule has 0 radical (unpaired) electrons. The number of furan rings is 1. The Labute approximate surface area is 176 Å². The Morgan fingerprint density at radius 1 is 0.800 bits per heavy atom. The zero-order chi connectivity index (χ0) is 20.6. The average Bonchev–Trinajstić information content (AvgIpc) is 3.28. The van der Waals surface area contributed by atoms with E-state index in [1.807, 2.05) is 71.6 Å². The van der Waals surface area contributed by atoms with E-state index in [-0.39, 0.29) is 5.91 Å². The molecular weight excluding hydrogens is 374 g/mol. The Bertz CT molecular complexity index is 1020. The molecule has 0 saturated carbocycles. The molecule has 5 nitrogen and oxygen atoms in total. The first-order chi connectivity index (χ1) is 14.8. The van der Waals surface area contributed by atoms with Crippen LogP contribution in [0.4, 0.5) is 0 Å². The predicted molar refractivity (Wildman–Crippen MR) is 115 cm³/mol. The predicted octanol–water partition coefficient (Wildman–Crippen LogP) is 4.90. The van der Waals surface area contributed by atoms with Crippen molar-refractivity contribution in [3.05, 3.63) is 108 Å². The number of hydrogen-bond donors (Lipinski definition) is 0. The summed E-state index contributed by atoms with van der Waals surface area (Å²) in [5.74, 6) is 1.71. The number of hydrogen-bond acceptors (Lipinski definition) is 4. The highest BCUT2D eigenvalue weighted by molar-refractivity contribution is 5.76. The number of carbonyl (C=O) groups is 1. The summed E-state index contributed by atoms with van der Waals surface area (Å²) >= 11 is 0. The van der Waals surface area contributed by atoms with Gasteiger partial charge in [-0.05, 0) is 41.5 Å². The van der Waals surface area contributed by atoms with Crippen molar-refractivity contribution in [3.63, 3.8) is 0 Å². The first kappa shape index (κ1) is 19.6. The molecule has 0 atom stereocenters. The van der Waals surface area contributed by atoms with Gasteiger partial charge in [-0.15, -0.1) is 0 Å². The van der Waals surface area contributed by atoms with Crippen molar-refractivity contribution < 1.29 is 9.21 Å². The van der Waals surface area contributed by atoms with Crippen LogP contribution in [0.2, 0.25) is 0 Å². The monoisotopic (exact) mass is 397 g/mol. The highest BCUT2D eigenvalue weighted by Gasteiger charge is 2.16. The van der Waals surface area contributed by atoms with Crippen LogP contribution in [0.1, 0.15) is 23.3 Å². The van der Waals surface area contributed by atoms with Gasteiger partial charge >= 0.3 is 0 Å². The van der Waals surface area contributed by atoms with Gasteiger partial charge in [0.25, 0.3) is 0 Å². The Balaban J connectivity index is 1.43. The third-order valence-electron chi connectivity index (χ3n) is 4.88.